The Hall–Kier alpha value is -1.03. The second kappa shape index (κ2) is 5.31. The van der Waals surface area contributed by atoms with Gasteiger partial charge in [-0.1, -0.05) is 39.0 Å². The molecule has 102 valence electrons. The van der Waals surface area contributed by atoms with Gasteiger partial charge in [-0.25, -0.2) is 0 Å². The minimum Gasteiger partial charge on any atom is -0.305 e. The number of halogens is 3. The highest BCUT2D eigenvalue weighted by atomic mass is 19.4. The summed E-state index contributed by atoms with van der Waals surface area (Å²) in [6.07, 6.45) is -4.16. The van der Waals surface area contributed by atoms with E-state index in [0.717, 1.165) is 16.7 Å². The van der Waals surface area contributed by atoms with Crippen LogP contribution in [-0.2, 0) is 12.0 Å². The standard InChI is InChI=1S/C14H20F3N/c1-10-5-6-12(13(2,3)4)7-11(10)8-18-9-14(15,16)17/h5-7,18H,8-9H2,1-4H3. The van der Waals surface area contributed by atoms with Crippen LogP contribution in [0.3, 0.4) is 0 Å². The number of hydrogen-bond acceptors (Lipinski definition) is 1. The normalized spacial score (nSPS) is 12.8. The minimum absolute atomic E-state index is 0.00643. The van der Waals surface area contributed by atoms with Gasteiger partial charge in [0.05, 0.1) is 6.54 Å². The van der Waals surface area contributed by atoms with E-state index in [1.807, 2.05) is 25.1 Å². The summed E-state index contributed by atoms with van der Waals surface area (Å²) in [5.41, 5.74) is 3.08. The van der Waals surface area contributed by atoms with Crippen molar-refractivity contribution in [3.63, 3.8) is 0 Å². The van der Waals surface area contributed by atoms with Crippen LogP contribution in [0.5, 0.6) is 0 Å². The van der Waals surface area contributed by atoms with Crippen LogP contribution < -0.4 is 5.32 Å². The van der Waals surface area contributed by atoms with Gasteiger partial charge in [0.1, 0.15) is 0 Å². The molecule has 0 aliphatic carbocycles. The molecule has 0 unspecified atom stereocenters. The van der Waals surface area contributed by atoms with Gasteiger partial charge in [-0.3, -0.25) is 0 Å². The first-order valence-corrected chi connectivity index (χ1v) is 5.97. The molecule has 0 radical (unpaired) electrons. The van der Waals surface area contributed by atoms with Gasteiger partial charge in [-0.05, 0) is 29.0 Å². The van der Waals surface area contributed by atoms with Crippen LogP contribution in [0.1, 0.15) is 37.5 Å². The van der Waals surface area contributed by atoms with Crippen molar-refractivity contribution in [1.29, 1.82) is 0 Å². The number of aryl methyl sites for hydroxylation is 1. The molecule has 1 nitrogen and oxygen atoms in total. The van der Waals surface area contributed by atoms with Crippen molar-refractivity contribution in [2.75, 3.05) is 6.54 Å². The monoisotopic (exact) mass is 259 g/mol. The zero-order valence-corrected chi connectivity index (χ0v) is 11.3. The second-order valence-corrected chi connectivity index (χ2v) is 5.61. The van der Waals surface area contributed by atoms with Gasteiger partial charge in [-0.15, -0.1) is 0 Å². The van der Waals surface area contributed by atoms with E-state index >= 15 is 0 Å². The number of hydrogen-bond donors (Lipinski definition) is 1. The molecular weight excluding hydrogens is 239 g/mol. The molecule has 1 aromatic rings. The third-order valence-electron chi connectivity index (χ3n) is 2.86. The van der Waals surface area contributed by atoms with E-state index in [2.05, 4.69) is 26.1 Å². The van der Waals surface area contributed by atoms with Gasteiger partial charge in [-0.2, -0.15) is 13.2 Å². The Morgan fingerprint density at radius 1 is 1.11 bits per heavy atom. The Balaban J connectivity index is 2.76. The van der Waals surface area contributed by atoms with Crippen molar-refractivity contribution in [2.45, 2.75) is 45.8 Å². The molecule has 18 heavy (non-hydrogen) atoms. The molecule has 0 aliphatic heterocycles. The molecule has 1 N–H and O–H groups in total. The fourth-order valence-corrected chi connectivity index (χ4v) is 1.67. The van der Waals surface area contributed by atoms with Gasteiger partial charge in [0.25, 0.3) is 0 Å². The van der Waals surface area contributed by atoms with Crippen LogP contribution in [-0.4, -0.2) is 12.7 Å². The summed E-state index contributed by atoms with van der Waals surface area (Å²) >= 11 is 0. The molecule has 0 saturated heterocycles. The zero-order valence-electron chi connectivity index (χ0n) is 11.3. The molecular formula is C14H20F3N. The molecule has 1 rings (SSSR count). The molecule has 0 bridgehead atoms. The fraction of sp³-hybridized carbons (Fsp3) is 0.571. The largest absolute Gasteiger partial charge is 0.401 e. The van der Waals surface area contributed by atoms with Crippen molar-refractivity contribution in [2.24, 2.45) is 0 Å². The molecule has 0 spiro atoms. The van der Waals surface area contributed by atoms with Crippen molar-refractivity contribution in [3.8, 4) is 0 Å². The van der Waals surface area contributed by atoms with E-state index in [0.29, 0.717) is 0 Å². The van der Waals surface area contributed by atoms with Gasteiger partial charge < -0.3 is 5.32 Å². The summed E-state index contributed by atoms with van der Waals surface area (Å²) < 4.78 is 36.2. The topological polar surface area (TPSA) is 12.0 Å². The lowest BCUT2D eigenvalue weighted by Crippen LogP contribution is -2.28. The highest BCUT2D eigenvalue weighted by Gasteiger charge is 2.26. The second-order valence-electron chi connectivity index (χ2n) is 5.61. The summed E-state index contributed by atoms with van der Waals surface area (Å²) in [5, 5.41) is 2.44. The van der Waals surface area contributed by atoms with E-state index in [1.54, 1.807) is 0 Å². The van der Waals surface area contributed by atoms with Crippen molar-refractivity contribution < 1.29 is 13.2 Å². The summed E-state index contributed by atoms with van der Waals surface area (Å²) in [7, 11) is 0. The summed E-state index contributed by atoms with van der Waals surface area (Å²) in [4.78, 5) is 0. The molecule has 0 aromatic heterocycles. The quantitative estimate of drug-likeness (QED) is 0.866. The molecule has 0 saturated carbocycles. The zero-order chi connectivity index (χ0) is 14.0. The molecule has 0 aliphatic rings. The van der Waals surface area contributed by atoms with E-state index in [1.165, 1.54) is 0 Å². The smallest absolute Gasteiger partial charge is 0.305 e. The molecule has 0 amide bonds. The summed E-state index contributed by atoms with van der Waals surface area (Å²) in [6.45, 7) is 7.47. The van der Waals surface area contributed by atoms with Crippen LogP contribution in [0.4, 0.5) is 13.2 Å². The lowest BCUT2D eigenvalue weighted by molar-refractivity contribution is -0.125. The number of nitrogens with one attached hydrogen (secondary N) is 1. The van der Waals surface area contributed by atoms with Crippen molar-refractivity contribution in [1.82, 2.24) is 5.32 Å². The molecule has 0 atom stereocenters. The highest BCUT2D eigenvalue weighted by molar-refractivity contribution is 5.34. The van der Waals surface area contributed by atoms with E-state index in [9.17, 15) is 13.2 Å². The molecule has 0 fully saturated rings. The fourth-order valence-electron chi connectivity index (χ4n) is 1.67. The molecule has 1 aromatic carbocycles. The van der Waals surface area contributed by atoms with Gasteiger partial charge in [0.2, 0.25) is 0 Å². The van der Waals surface area contributed by atoms with Gasteiger partial charge in [0, 0.05) is 6.54 Å². The Labute approximate surface area is 106 Å². The maximum atomic E-state index is 12.1. The van der Waals surface area contributed by atoms with Crippen LogP contribution in [0, 0.1) is 6.92 Å². The highest BCUT2D eigenvalue weighted by Crippen LogP contribution is 2.24. The summed E-state index contributed by atoms with van der Waals surface area (Å²) in [5.74, 6) is 0. The third kappa shape index (κ3) is 4.69. The number of benzene rings is 1. The lowest BCUT2D eigenvalue weighted by Gasteiger charge is -2.21. The van der Waals surface area contributed by atoms with E-state index < -0.39 is 12.7 Å². The maximum Gasteiger partial charge on any atom is 0.401 e. The van der Waals surface area contributed by atoms with Gasteiger partial charge in [0.15, 0.2) is 0 Å². The Bertz CT molecular complexity index is 402. The summed E-state index contributed by atoms with van der Waals surface area (Å²) in [6, 6.07) is 5.98. The SMILES string of the molecule is Cc1ccc(C(C)(C)C)cc1CNCC(F)(F)F. The van der Waals surface area contributed by atoms with E-state index in [-0.39, 0.29) is 12.0 Å². The maximum absolute atomic E-state index is 12.1. The molecule has 0 heterocycles. The van der Waals surface area contributed by atoms with Crippen molar-refractivity contribution in [3.05, 3.63) is 34.9 Å². The third-order valence-corrected chi connectivity index (χ3v) is 2.86. The first-order valence-electron chi connectivity index (χ1n) is 5.97. The molecule has 4 heteroatoms. The predicted octanol–water partition coefficient (Wildman–Crippen LogP) is 3.94. The van der Waals surface area contributed by atoms with Crippen LogP contribution in [0.15, 0.2) is 18.2 Å². The Kier molecular flexibility index (Phi) is 4.43. The predicted molar refractivity (Wildman–Crippen MR) is 67.6 cm³/mol. The minimum atomic E-state index is -4.16. The average Bonchev–Trinajstić information content (AvgIpc) is 2.17. The first-order chi connectivity index (χ1) is 8.09. The van der Waals surface area contributed by atoms with E-state index in [4.69, 9.17) is 0 Å². The first kappa shape index (κ1) is 15.0. The van der Waals surface area contributed by atoms with Gasteiger partial charge >= 0.3 is 6.18 Å². The Morgan fingerprint density at radius 2 is 1.72 bits per heavy atom. The Morgan fingerprint density at radius 3 is 2.22 bits per heavy atom. The number of rotatable bonds is 3. The van der Waals surface area contributed by atoms with Crippen molar-refractivity contribution >= 4 is 0 Å². The average molecular weight is 259 g/mol. The van der Waals surface area contributed by atoms with Crippen LogP contribution in [0.25, 0.3) is 0 Å². The van der Waals surface area contributed by atoms with Crippen LogP contribution >= 0.6 is 0 Å². The van der Waals surface area contributed by atoms with Crippen LogP contribution in [0.2, 0.25) is 0 Å². The number of alkyl halides is 3. The lowest BCUT2D eigenvalue weighted by atomic mass is 9.85.